The smallest absolute Gasteiger partial charge is 0.205 e. The molecule has 0 aliphatic carbocycles. The first-order valence-electron chi connectivity index (χ1n) is 11.4. The molecule has 1 atom stereocenters. The van der Waals surface area contributed by atoms with E-state index < -0.39 is 15.2 Å². The van der Waals surface area contributed by atoms with Gasteiger partial charge in [0.1, 0.15) is 0 Å². The molecule has 2 aromatic heterocycles. The van der Waals surface area contributed by atoms with Crippen LogP contribution in [0, 0.1) is 6.92 Å². The minimum atomic E-state index is -3.89. The van der Waals surface area contributed by atoms with Crippen molar-refractivity contribution in [2.75, 3.05) is 14.2 Å². The third kappa shape index (κ3) is 3.82. The van der Waals surface area contributed by atoms with Crippen LogP contribution >= 0.6 is 0 Å². The van der Waals surface area contributed by atoms with Crippen LogP contribution in [0.4, 0.5) is 0 Å². The van der Waals surface area contributed by atoms with Crippen LogP contribution in [-0.2, 0) is 9.84 Å². The van der Waals surface area contributed by atoms with Crippen LogP contribution < -0.4 is 9.47 Å². The average Bonchev–Trinajstić information content (AvgIpc) is 3.27. The second-order valence-corrected chi connectivity index (χ2v) is 10.6. The van der Waals surface area contributed by atoms with E-state index in [1.807, 2.05) is 67.7 Å². The summed E-state index contributed by atoms with van der Waals surface area (Å²) in [5, 5.41) is 0.658. The van der Waals surface area contributed by atoms with Crippen molar-refractivity contribution in [1.82, 2.24) is 9.55 Å². The van der Waals surface area contributed by atoms with Crippen LogP contribution in [0.15, 0.2) is 96.7 Å². The predicted octanol–water partition coefficient (Wildman–Crippen LogP) is 6.34. The lowest BCUT2D eigenvalue weighted by molar-refractivity contribution is 0.355. The van der Waals surface area contributed by atoms with E-state index in [1.165, 1.54) is 6.08 Å². The molecule has 182 valence electrons. The molecule has 0 aliphatic heterocycles. The normalized spacial score (nSPS) is 12.5. The highest BCUT2D eigenvalue weighted by molar-refractivity contribution is 7.91. The van der Waals surface area contributed by atoms with E-state index in [4.69, 9.17) is 9.47 Å². The Balaban J connectivity index is 1.71. The first kappa shape index (κ1) is 23.6. The van der Waals surface area contributed by atoms with Crippen molar-refractivity contribution in [2.45, 2.75) is 17.2 Å². The Morgan fingerprint density at radius 2 is 1.75 bits per heavy atom. The van der Waals surface area contributed by atoms with Gasteiger partial charge in [-0.05, 0) is 48.4 Å². The van der Waals surface area contributed by atoms with Crippen LogP contribution in [0.5, 0.6) is 11.5 Å². The van der Waals surface area contributed by atoms with Crippen molar-refractivity contribution >= 4 is 31.6 Å². The van der Waals surface area contributed by atoms with E-state index in [-0.39, 0.29) is 4.90 Å². The molecule has 3 aromatic carbocycles. The Labute approximate surface area is 210 Å². The molecular weight excluding hydrogens is 472 g/mol. The molecule has 5 aromatic rings. The zero-order valence-corrected chi connectivity index (χ0v) is 21.1. The standard InChI is InChI=1S/C29H26N2O4S/c1-5-28(36(32,33)27-12-8-9-21-15-19(2)17-30-29(21)27)31-18-23(22-10-6-7-11-24(22)31)20-13-14-25(34-3)26(16-20)35-4/h5-18,28H,1H2,2-4H3. The summed E-state index contributed by atoms with van der Waals surface area (Å²) in [6.07, 6.45) is 5.01. The molecule has 0 saturated heterocycles. The molecule has 0 bridgehead atoms. The van der Waals surface area contributed by atoms with Crippen LogP contribution in [-0.4, -0.2) is 32.2 Å². The van der Waals surface area contributed by atoms with Gasteiger partial charge in [0.25, 0.3) is 0 Å². The average molecular weight is 499 g/mol. The summed E-state index contributed by atoms with van der Waals surface area (Å²) in [7, 11) is -0.712. The van der Waals surface area contributed by atoms with Gasteiger partial charge in [-0.2, -0.15) is 0 Å². The first-order chi connectivity index (χ1) is 17.4. The molecule has 0 saturated carbocycles. The number of fused-ring (bicyclic) bond motifs is 2. The van der Waals surface area contributed by atoms with Gasteiger partial charge >= 0.3 is 0 Å². The molecule has 2 heterocycles. The molecule has 0 N–H and O–H groups in total. The number of hydrogen-bond acceptors (Lipinski definition) is 5. The molecule has 7 heteroatoms. The Bertz CT molecular complexity index is 1720. The predicted molar refractivity (Wildman–Crippen MR) is 143 cm³/mol. The summed E-state index contributed by atoms with van der Waals surface area (Å²) in [5.41, 5.74) is 3.95. The van der Waals surface area contributed by atoms with Gasteiger partial charge in [0.15, 0.2) is 16.9 Å². The quantitative estimate of drug-likeness (QED) is 0.245. The zero-order valence-electron chi connectivity index (χ0n) is 20.3. The van der Waals surface area contributed by atoms with Gasteiger partial charge in [-0.1, -0.05) is 49.1 Å². The Morgan fingerprint density at radius 1 is 0.972 bits per heavy atom. The minimum Gasteiger partial charge on any atom is -0.493 e. The summed E-state index contributed by atoms with van der Waals surface area (Å²) in [5.74, 6) is 1.21. The summed E-state index contributed by atoms with van der Waals surface area (Å²) >= 11 is 0. The van der Waals surface area contributed by atoms with Crippen LogP contribution in [0.2, 0.25) is 0 Å². The lowest BCUT2D eigenvalue weighted by Gasteiger charge is -2.18. The van der Waals surface area contributed by atoms with Gasteiger partial charge in [0.2, 0.25) is 9.84 Å². The maximum Gasteiger partial charge on any atom is 0.205 e. The fourth-order valence-electron chi connectivity index (χ4n) is 4.64. The molecule has 36 heavy (non-hydrogen) atoms. The molecule has 5 rings (SSSR count). The van der Waals surface area contributed by atoms with Crippen molar-refractivity contribution in [3.63, 3.8) is 0 Å². The van der Waals surface area contributed by atoms with Crippen molar-refractivity contribution in [3.8, 4) is 22.6 Å². The SMILES string of the molecule is C=CC(n1cc(-c2ccc(OC)c(OC)c2)c2ccccc21)S(=O)(=O)c1cccc2cc(C)cnc12. The number of benzene rings is 3. The summed E-state index contributed by atoms with van der Waals surface area (Å²) in [6.45, 7) is 5.84. The summed E-state index contributed by atoms with van der Waals surface area (Å²) in [6, 6.07) is 20.5. The lowest BCUT2D eigenvalue weighted by atomic mass is 10.0. The molecule has 1 unspecified atom stereocenters. The van der Waals surface area contributed by atoms with E-state index in [1.54, 1.807) is 37.1 Å². The second-order valence-electron chi connectivity index (χ2n) is 8.55. The number of aryl methyl sites for hydroxylation is 1. The van der Waals surface area contributed by atoms with E-state index in [0.717, 1.165) is 33.0 Å². The number of methoxy groups -OCH3 is 2. The van der Waals surface area contributed by atoms with Crippen LogP contribution in [0.3, 0.4) is 0 Å². The van der Waals surface area contributed by atoms with Gasteiger partial charge in [-0.25, -0.2) is 8.42 Å². The van der Waals surface area contributed by atoms with E-state index >= 15 is 0 Å². The van der Waals surface area contributed by atoms with Crippen LogP contribution in [0.25, 0.3) is 32.9 Å². The number of ether oxygens (including phenoxy) is 2. The molecule has 6 nitrogen and oxygen atoms in total. The third-order valence-corrected chi connectivity index (χ3v) is 8.34. The van der Waals surface area contributed by atoms with E-state index in [0.29, 0.717) is 17.0 Å². The number of nitrogens with zero attached hydrogens (tertiary/aromatic N) is 2. The fourth-order valence-corrected chi connectivity index (χ4v) is 6.34. The van der Waals surface area contributed by atoms with Gasteiger partial charge < -0.3 is 14.0 Å². The van der Waals surface area contributed by atoms with Crippen molar-refractivity contribution in [3.05, 3.63) is 97.3 Å². The molecule has 0 aliphatic rings. The number of sulfone groups is 1. The summed E-state index contributed by atoms with van der Waals surface area (Å²) in [4.78, 5) is 4.64. The largest absolute Gasteiger partial charge is 0.493 e. The molecule has 0 spiro atoms. The second kappa shape index (κ2) is 9.17. The number of aromatic nitrogens is 2. The van der Waals surface area contributed by atoms with Crippen LogP contribution in [0.1, 0.15) is 10.9 Å². The number of rotatable bonds is 7. The van der Waals surface area contributed by atoms with Gasteiger partial charge in [-0.3, -0.25) is 4.98 Å². The highest BCUT2D eigenvalue weighted by atomic mass is 32.2. The third-order valence-electron chi connectivity index (χ3n) is 6.35. The van der Waals surface area contributed by atoms with Gasteiger partial charge in [0, 0.05) is 28.7 Å². The zero-order chi connectivity index (χ0) is 25.4. The topological polar surface area (TPSA) is 70.4 Å². The molecule has 0 fully saturated rings. The monoisotopic (exact) mass is 498 g/mol. The van der Waals surface area contributed by atoms with E-state index in [2.05, 4.69) is 11.6 Å². The highest BCUT2D eigenvalue weighted by Crippen LogP contribution is 2.39. The number of pyridine rings is 1. The first-order valence-corrected chi connectivity index (χ1v) is 13.0. The van der Waals surface area contributed by atoms with Gasteiger partial charge in [0.05, 0.1) is 30.1 Å². The Kier molecular flexibility index (Phi) is 6.02. The maximum atomic E-state index is 14.1. The van der Waals surface area contributed by atoms with Crippen molar-refractivity contribution in [1.29, 1.82) is 0 Å². The Morgan fingerprint density at radius 3 is 2.50 bits per heavy atom. The Hall–Kier alpha value is -4.10. The fraction of sp³-hybridized carbons (Fsp3) is 0.138. The number of hydrogen-bond donors (Lipinski definition) is 0. The highest BCUT2D eigenvalue weighted by Gasteiger charge is 2.30. The van der Waals surface area contributed by atoms with Crippen molar-refractivity contribution < 1.29 is 17.9 Å². The lowest BCUT2D eigenvalue weighted by Crippen LogP contribution is -2.18. The minimum absolute atomic E-state index is 0.176. The van der Waals surface area contributed by atoms with Gasteiger partial charge in [-0.15, -0.1) is 0 Å². The molecule has 0 radical (unpaired) electrons. The maximum absolute atomic E-state index is 14.1. The molecule has 0 amide bonds. The number of para-hydroxylation sites is 2. The summed E-state index contributed by atoms with van der Waals surface area (Å²) < 4.78 is 40.8. The molecular formula is C29H26N2O4S. The van der Waals surface area contributed by atoms with E-state index in [9.17, 15) is 8.42 Å². The van der Waals surface area contributed by atoms with Crippen molar-refractivity contribution in [2.24, 2.45) is 0 Å².